The first-order chi connectivity index (χ1) is 18.3. The van der Waals surface area contributed by atoms with E-state index < -0.39 is 24.6 Å². The van der Waals surface area contributed by atoms with E-state index in [2.05, 4.69) is 4.99 Å². The molecular weight excluding hydrogens is 512 g/mol. The van der Waals surface area contributed by atoms with Crippen LogP contribution in [0.2, 0.25) is 0 Å². The summed E-state index contributed by atoms with van der Waals surface area (Å²) in [7, 11) is 3.00. The topological polar surface area (TPSA) is 126 Å². The van der Waals surface area contributed by atoms with Crippen molar-refractivity contribution in [3.63, 3.8) is 0 Å². The van der Waals surface area contributed by atoms with E-state index in [1.54, 1.807) is 69.5 Å². The summed E-state index contributed by atoms with van der Waals surface area (Å²) in [5.74, 6) is -0.414. The lowest BCUT2D eigenvalue weighted by Crippen LogP contribution is -2.39. The van der Waals surface area contributed by atoms with Crippen LogP contribution in [0.1, 0.15) is 31.0 Å². The number of ether oxygens (including phenoxy) is 4. The zero-order valence-electron chi connectivity index (χ0n) is 21.2. The van der Waals surface area contributed by atoms with Gasteiger partial charge in [-0.15, -0.1) is 0 Å². The molecule has 0 spiro atoms. The Morgan fingerprint density at radius 3 is 2.47 bits per heavy atom. The summed E-state index contributed by atoms with van der Waals surface area (Å²) in [5.41, 5.74) is 1.78. The fraction of sp³-hybridized carbons (Fsp3) is 0.259. The minimum atomic E-state index is -1.11. The van der Waals surface area contributed by atoms with Gasteiger partial charge in [-0.25, -0.2) is 14.6 Å². The maximum absolute atomic E-state index is 13.7. The van der Waals surface area contributed by atoms with Gasteiger partial charge in [0, 0.05) is 0 Å². The van der Waals surface area contributed by atoms with Crippen LogP contribution >= 0.6 is 11.3 Å². The van der Waals surface area contributed by atoms with Crippen LogP contribution in [0.4, 0.5) is 0 Å². The van der Waals surface area contributed by atoms with E-state index in [4.69, 9.17) is 24.1 Å². The van der Waals surface area contributed by atoms with E-state index in [-0.39, 0.29) is 23.5 Å². The molecular formula is C27H26N2O8S. The third-order valence-corrected chi connectivity index (χ3v) is 6.77. The number of rotatable bonds is 9. The Morgan fingerprint density at radius 1 is 1.11 bits per heavy atom. The normalized spacial score (nSPS) is 14.9. The van der Waals surface area contributed by atoms with Gasteiger partial charge < -0.3 is 24.1 Å². The van der Waals surface area contributed by atoms with Crippen LogP contribution in [0, 0.1) is 0 Å². The van der Waals surface area contributed by atoms with E-state index in [9.17, 15) is 14.4 Å². The molecule has 1 aromatic heterocycles. The third kappa shape index (κ3) is 5.32. The van der Waals surface area contributed by atoms with Gasteiger partial charge in [-0.1, -0.05) is 29.5 Å². The van der Waals surface area contributed by atoms with Crippen LogP contribution < -0.4 is 29.1 Å². The molecule has 0 amide bonds. The molecule has 1 aliphatic heterocycles. The monoisotopic (exact) mass is 538 g/mol. The summed E-state index contributed by atoms with van der Waals surface area (Å²) in [5, 5.41) is 8.87. The molecule has 0 radical (unpaired) electrons. The van der Waals surface area contributed by atoms with Crippen molar-refractivity contribution in [1.29, 1.82) is 0 Å². The Hall–Kier alpha value is -4.38. The van der Waals surface area contributed by atoms with Crippen molar-refractivity contribution < 1.29 is 33.6 Å². The molecule has 0 fully saturated rings. The first-order valence-electron chi connectivity index (χ1n) is 11.6. The molecule has 2 heterocycles. The summed E-state index contributed by atoms with van der Waals surface area (Å²) < 4.78 is 23.1. The van der Waals surface area contributed by atoms with Crippen molar-refractivity contribution in [3.05, 3.63) is 84.5 Å². The zero-order valence-corrected chi connectivity index (χ0v) is 22.0. The van der Waals surface area contributed by atoms with Gasteiger partial charge in [0.1, 0.15) is 5.75 Å². The van der Waals surface area contributed by atoms with Gasteiger partial charge in [0.2, 0.25) is 0 Å². The lowest BCUT2D eigenvalue weighted by Gasteiger charge is -2.24. The smallest absolute Gasteiger partial charge is 0.341 e. The van der Waals surface area contributed by atoms with Crippen LogP contribution in [-0.4, -0.2) is 49.0 Å². The lowest BCUT2D eigenvalue weighted by molar-refractivity contribution is -0.140. The SMILES string of the molecule is CCOC(=O)C1=C(C)N=c2s/c(=C/c3ccc(OCC(=O)O)c(OC)c3)c(=O)n2[C@@H]1c1ccc(OC)cc1. The number of methoxy groups -OCH3 is 2. The van der Waals surface area contributed by atoms with E-state index in [1.807, 2.05) is 0 Å². The summed E-state index contributed by atoms with van der Waals surface area (Å²) in [6.07, 6.45) is 1.68. The fourth-order valence-electron chi connectivity index (χ4n) is 4.08. The Labute approximate surface area is 221 Å². The van der Waals surface area contributed by atoms with E-state index in [0.717, 1.165) is 0 Å². The highest BCUT2D eigenvalue weighted by Gasteiger charge is 2.33. The molecule has 10 nitrogen and oxygen atoms in total. The Morgan fingerprint density at radius 2 is 1.84 bits per heavy atom. The number of hydrogen-bond donors (Lipinski definition) is 1. The first kappa shape index (κ1) is 26.7. The Bertz CT molecular complexity index is 1580. The number of aromatic nitrogens is 1. The number of esters is 1. The number of nitrogens with zero attached hydrogens (tertiary/aromatic N) is 2. The van der Waals surface area contributed by atoms with Gasteiger partial charge in [0.05, 0.1) is 42.7 Å². The Kier molecular flexibility index (Phi) is 7.96. The number of fused-ring (bicyclic) bond motifs is 1. The third-order valence-electron chi connectivity index (χ3n) is 5.79. The molecule has 0 bridgehead atoms. The predicted octanol–water partition coefficient (Wildman–Crippen LogP) is 2.28. The average molecular weight is 539 g/mol. The number of benzene rings is 2. The van der Waals surface area contributed by atoms with Gasteiger partial charge in [-0.3, -0.25) is 9.36 Å². The largest absolute Gasteiger partial charge is 0.497 e. The molecule has 4 rings (SSSR count). The minimum absolute atomic E-state index is 0.184. The number of hydrogen-bond acceptors (Lipinski definition) is 9. The molecule has 0 saturated heterocycles. The number of carboxylic acid groups (broad SMARTS) is 1. The van der Waals surface area contributed by atoms with Gasteiger partial charge in [-0.2, -0.15) is 0 Å². The molecule has 0 unspecified atom stereocenters. The van der Waals surface area contributed by atoms with Crippen LogP contribution in [0.5, 0.6) is 17.2 Å². The van der Waals surface area contributed by atoms with E-state index >= 15 is 0 Å². The number of allylic oxidation sites excluding steroid dienone is 1. The van der Waals surface area contributed by atoms with Gasteiger partial charge in [0.25, 0.3) is 5.56 Å². The molecule has 0 saturated carbocycles. The second-order valence-corrected chi connectivity index (χ2v) is 9.18. The fourth-order valence-corrected chi connectivity index (χ4v) is 5.12. The molecule has 1 atom stereocenters. The van der Waals surface area contributed by atoms with Crippen LogP contribution in [0.3, 0.4) is 0 Å². The standard InChI is InChI=1S/C27H26N2O8S/c1-5-36-26(33)23-15(2)28-27-29(24(23)17-7-9-18(34-3)10-8-17)25(32)21(38-27)13-16-6-11-19(20(12-16)35-4)37-14-22(30)31/h6-13,24H,5,14H2,1-4H3,(H,30,31)/b21-13+/t24-/m1/s1. The lowest BCUT2D eigenvalue weighted by atomic mass is 9.96. The van der Waals surface area contributed by atoms with Crippen molar-refractivity contribution in [2.45, 2.75) is 19.9 Å². The highest BCUT2D eigenvalue weighted by Crippen LogP contribution is 2.32. The highest BCUT2D eigenvalue weighted by molar-refractivity contribution is 7.07. The van der Waals surface area contributed by atoms with Crippen LogP contribution in [0.25, 0.3) is 6.08 Å². The van der Waals surface area contributed by atoms with Gasteiger partial charge in [-0.05, 0) is 55.3 Å². The highest BCUT2D eigenvalue weighted by atomic mass is 32.1. The molecule has 11 heteroatoms. The maximum Gasteiger partial charge on any atom is 0.341 e. The van der Waals surface area contributed by atoms with Crippen LogP contribution in [-0.2, 0) is 14.3 Å². The molecule has 2 aromatic carbocycles. The van der Waals surface area contributed by atoms with E-state index in [0.29, 0.717) is 37.7 Å². The average Bonchev–Trinajstić information content (AvgIpc) is 3.21. The second-order valence-electron chi connectivity index (χ2n) is 8.17. The summed E-state index contributed by atoms with van der Waals surface area (Å²) in [4.78, 5) is 42.6. The zero-order chi connectivity index (χ0) is 27.4. The van der Waals surface area contributed by atoms with Crippen molar-refractivity contribution in [2.24, 2.45) is 4.99 Å². The second kappa shape index (κ2) is 11.3. The number of thiazole rings is 1. The van der Waals surface area contributed by atoms with E-state index in [1.165, 1.54) is 23.0 Å². The maximum atomic E-state index is 13.7. The molecule has 198 valence electrons. The number of carboxylic acids is 1. The summed E-state index contributed by atoms with van der Waals surface area (Å²) in [6.45, 7) is 3.11. The van der Waals surface area contributed by atoms with Crippen molar-refractivity contribution in [3.8, 4) is 17.2 Å². The number of carbonyl (C=O) groups excluding carboxylic acids is 1. The molecule has 38 heavy (non-hydrogen) atoms. The number of aliphatic carboxylic acids is 1. The van der Waals surface area contributed by atoms with Crippen molar-refractivity contribution in [2.75, 3.05) is 27.4 Å². The molecule has 1 N–H and O–H groups in total. The molecule has 1 aliphatic rings. The summed E-state index contributed by atoms with van der Waals surface area (Å²) in [6, 6.07) is 11.3. The summed E-state index contributed by atoms with van der Waals surface area (Å²) >= 11 is 1.19. The quantitative estimate of drug-likeness (QED) is 0.412. The predicted molar refractivity (Wildman–Crippen MR) is 140 cm³/mol. The van der Waals surface area contributed by atoms with Crippen molar-refractivity contribution >= 4 is 29.4 Å². The molecule has 3 aromatic rings. The van der Waals surface area contributed by atoms with Gasteiger partial charge >= 0.3 is 11.9 Å². The minimum Gasteiger partial charge on any atom is -0.497 e. The number of carbonyl (C=O) groups is 2. The van der Waals surface area contributed by atoms with Crippen LogP contribution in [0.15, 0.2) is 63.5 Å². The Balaban J connectivity index is 1.84. The molecule has 0 aliphatic carbocycles. The van der Waals surface area contributed by atoms with Gasteiger partial charge in [0.15, 0.2) is 22.9 Å². The first-order valence-corrected chi connectivity index (χ1v) is 12.4. The van der Waals surface area contributed by atoms with Crippen molar-refractivity contribution in [1.82, 2.24) is 4.57 Å².